The number of hydrogen-bond acceptors (Lipinski definition) is 2. The van der Waals surface area contributed by atoms with Crippen molar-refractivity contribution in [3.63, 3.8) is 0 Å². The van der Waals surface area contributed by atoms with Crippen LogP contribution < -0.4 is 0 Å². The van der Waals surface area contributed by atoms with Crippen LogP contribution in [0.25, 0.3) is 0 Å². The van der Waals surface area contributed by atoms with Crippen molar-refractivity contribution in [3.8, 4) is 0 Å². The Morgan fingerprint density at radius 3 is 2.73 bits per heavy atom. The van der Waals surface area contributed by atoms with Crippen LogP contribution in [0, 0.1) is 5.41 Å². The Bertz CT molecular complexity index is 134. The zero-order chi connectivity index (χ0) is 8.48. The van der Waals surface area contributed by atoms with E-state index in [0.717, 1.165) is 19.4 Å². The predicted molar refractivity (Wildman–Crippen MR) is 45.6 cm³/mol. The van der Waals surface area contributed by atoms with Crippen molar-refractivity contribution in [1.29, 1.82) is 0 Å². The van der Waals surface area contributed by atoms with Crippen molar-refractivity contribution in [2.45, 2.75) is 46.1 Å². The van der Waals surface area contributed by atoms with Gasteiger partial charge >= 0.3 is 0 Å². The highest BCUT2D eigenvalue weighted by Gasteiger charge is 2.27. The molecule has 0 aromatic heterocycles. The summed E-state index contributed by atoms with van der Waals surface area (Å²) in [6.45, 7) is 7.49. The molecule has 2 heteroatoms. The molecule has 0 amide bonds. The molecule has 1 aliphatic heterocycles. The zero-order valence-electron chi connectivity index (χ0n) is 7.80. The second-order valence-corrected chi connectivity index (χ2v) is 4.48. The number of nitrogens with zero attached hydrogens (tertiary/aromatic N) is 1. The normalized spacial score (nSPS) is 33.3. The summed E-state index contributed by atoms with van der Waals surface area (Å²) in [7, 11) is 0. The Morgan fingerprint density at radius 1 is 1.45 bits per heavy atom. The van der Waals surface area contributed by atoms with Crippen molar-refractivity contribution in [2.24, 2.45) is 5.41 Å². The lowest BCUT2D eigenvalue weighted by Crippen LogP contribution is -2.30. The molecule has 1 aliphatic rings. The molecule has 1 unspecified atom stereocenters. The van der Waals surface area contributed by atoms with Gasteiger partial charge in [0.2, 0.25) is 0 Å². The highest BCUT2D eigenvalue weighted by atomic mass is 16.5. The third-order valence-electron chi connectivity index (χ3n) is 2.60. The topological polar surface area (TPSA) is 23.5 Å². The summed E-state index contributed by atoms with van der Waals surface area (Å²) in [4.78, 5) is 0. The maximum atomic E-state index is 9.42. The van der Waals surface area contributed by atoms with Crippen LogP contribution in [0.15, 0.2) is 0 Å². The quantitative estimate of drug-likeness (QED) is 0.583. The molecule has 1 rings (SSSR count). The van der Waals surface area contributed by atoms with Gasteiger partial charge in [0.05, 0.1) is 0 Å². The van der Waals surface area contributed by atoms with E-state index in [4.69, 9.17) is 0 Å². The van der Waals surface area contributed by atoms with Gasteiger partial charge in [-0.2, -0.15) is 5.06 Å². The van der Waals surface area contributed by atoms with Crippen LogP contribution in [0.1, 0.15) is 40.0 Å². The van der Waals surface area contributed by atoms with Gasteiger partial charge in [-0.05, 0) is 31.6 Å². The van der Waals surface area contributed by atoms with E-state index in [1.807, 2.05) is 0 Å². The molecule has 0 aromatic rings. The Balaban J connectivity index is 2.55. The van der Waals surface area contributed by atoms with Gasteiger partial charge in [0, 0.05) is 12.6 Å². The first-order valence-corrected chi connectivity index (χ1v) is 4.47. The lowest BCUT2D eigenvalue weighted by Gasteiger charge is -2.26. The third-order valence-corrected chi connectivity index (χ3v) is 2.60. The third kappa shape index (κ3) is 2.46. The molecular weight excluding hydrogens is 138 g/mol. The van der Waals surface area contributed by atoms with Gasteiger partial charge < -0.3 is 5.21 Å². The van der Waals surface area contributed by atoms with Gasteiger partial charge in [0.25, 0.3) is 0 Å². The SMILES string of the molecule is CC1CC(C)(C)CCCN1O. The minimum absolute atomic E-state index is 0.326. The minimum atomic E-state index is 0.326. The second-order valence-electron chi connectivity index (χ2n) is 4.48. The van der Waals surface area contributed by atoms with Crippen molar-refractivity contribution >= 4 is 0 Å². The van der Waals surface area contributed by atoms with Crippen LogP contribution in [0.3, 0.4) is 0 Å². The number of rotatable bonds is 0. The van der Waals surface area contributed by atoms with Crippen LogP contribution in [0.2, 0.25) is 0 Å². The average molecular weight is 157 g/mol. The molecule has 1 atom stereocenters. The van der Waals surface area contributed by atoms with Gasteiger partial charge in [-0.1, -0.05) is 13.8 Å². The molecule has 0 spiro atoms. The smallest absolute Gasteiger partial charge is 0.0327 e. The van der Waals surface area contributed by atoms with Gasteiger partial charge in [-0.15, -0.1) is 0 Å². The summed E-state index contributed by atoms with van der Waals surface area (Å²) >= 11 is 0. The summed E-state index contributed by atoms with van der Waals surface area (Å²) in [5.74, 6) is 0. The van der Waals surface area contributed by atoms with Crippen LogP contribution in [-0.2, 0) is 0 Å². The first-order chi connectivity index (χ1) is 5.01. The molecule has 0 bridgehead atoms. The number of hydroxylamine groups is 2. The van der Waals surface area contributed by atoms with E-state index in [1.165, 1.54) is 11.5 Å². The van der Waals surface area contributed by atoms with Crippen LogP contribution in [-0.4, -0.2) is 22.9 Å². The van der Waals surface area contributed by atoms with Crippen molar-refractivity contribution in [1.82, 2.24) is 5.06 Å². The molecule has 0 radical (unpaired) electrons. The van der Waals surface area contributed by atoms with Crippen LogP contribution in [0.4, 0.5) is 0 Å². The standard InChI is InChI=1S/C9H19NO/c1-8-7-9(2,3)5-4-6-10(8)11/h8,11H,4-7H2,1-3H3. The first kappa shape index (κ1) is 9.01. The second kappa shape index (κ2) is 3.11. The lowest BCUT2D eigenvalue weighted by molar-refractivity contribution is -0.121. The molecule has 0 aliphatic carbocycles. The van der Waals surface area contributed by atoms with Crippen LogP contribution >= 0.6 is 0 Å². The molecule has 1 saturated heterocycles. The predicted octanol–water partition coefficient (Wildman–Crippen LogP) is 2.28. The Morgan fingerprint density at radius 2 is 2.09 bits per heavy atom. The van der Waals surface area contributed by atoms with E-state index in [9.17, 15) is 5.21 Å². The first-order valence-electron chi connectivity index (χ1n) is 4.47. The maximum Gasteiger partial charge on any atom is 0.0327 e. The Kier molecular flexibility index (Phi) is 2.55. The van der Waals surface area contributed by atoms with Crippen molar-refractivity contribution in [2.75, 3.05) is 6.54 Å². The monoisotopic (exact) mass is 157 g/mol. The fourth-order valence-electron chi connectivity index (χ4n) is 1.95. The average Bonchev–Trinajstić information content (AvgIpc) is 1.93. The highest BCUT2D eigenvalue weighted by Crippen LogP contribution is 2.32. The summed E-state index contributed by atoms with van der Waals surface area (Å²) in [6, 6.07) is 0.326. The fraction of sp³-hybridized carbons (Fsp3) is 1.00. The van der Waals surface area contributed by atoms with Crippen molar-refractivity contribution < 1.29 is 5.21 Å². The largest absolute Gasteiger partial charge is 0.314 e. The fourth-order valence-corrected chi connectivity index (χ4v) is 1.95. The molecule has 0 aromatic carbocycles. The molecule has 1 heterocycles. The molecular formula is C9H19NO. The summed E-state index contributed by atoms with van der Waals surface area (Å²) in [5.41, 5.74) is 0.414. The molecule has 11 heavy (non-hydrogen) atoms. The van der Waals surface area contributed by atoms with Gasteiger partial charge in [0.1, 0.15) is 0 Å². The van der Waals surface area contributed by atoms with Gasteiger partial charge in [-0.3, -0.25) is 0 Å². The van der Waals surface area contributed by atoms with E-state index in [2.05, 4.69) is 20.8 Å². The van der Waals surface area contributed by atoms with E-state index < -0.39 is 0 Å². The van der Waals surface area contributed by atoms with Crippen molar-refractivity contribution in [3.05, 3.63) is 0 Å². The van der Waals surface area contributed by atoms with Gasteiger partial charge in [-0.25, -0.2) is 0 Å². The molecule has 66 valence electrons. The summed E-state index contributed by atoms with van der Waals surface area (Å²) in [6.07, 6.45) is 3.45. The zero-order valence-corrected chi connectivity index (χ0v) is 7.80. The van der Waals surface area contributed by atoms with E-state index in [1.54, 1.807) is 0 Å². The van der Waals surface area contributed by atoms with Gasteiger partial charge in [0.15, 0.2) is 0 Å². The minimum Gasteiger partial charge on any atom is -0.314 e. The molecule has 2 nitrogen and oxygen atoms in total. The Labute approximate surface area is 69.2 Å². The lowest BCUT2D eigenvalue weighted by atomic mass is 9.83. The summed E-state index contributed by atoms with van der Waals surface area (Å²) in [5, 5.41) is 10.9. The molecule has 1 N–H and O–H groups in total. The van der Waals surface area contributed by atoms with E-state index in [-0.39, 0.29) is 0 Å². The molecule has 0 saturated carbocycles. The highest BCUT2D eigenvalue weighted by molar-refractivity contribution is 4.78. The van der Waals surface area contributed by atoms with E-state index >= 15 is 0 Å². The van der Waals surface area contributed by atoms with E-state index in [0.29, 0.717) is 11.5 Å². The maximum absolute atomic E-state index is 9.42. The van der Waals surface area contributed by atoms with Crippen LogP contribution in [0.5, 0.6) is 0 Å². The summed E-state index contributed by atoms with van der Waals surface area (Å²) < 4.78 is 0. The Hall–Kier alpha value is -0.0800. The number of hydrogen-bond donors (Lipinski definition) is 1. The molecule has 1 fully saturated rings.